The van der Waals surface area contributed by atoms with Gasteiger partial charge in [0.25, 0.3) is 5.91 Å². The van der Waals surface area contributed by atoms with Gasteiger partial charge in [-0.2, -0.15) is 11.8 Å². The lowest BCUT2D eigenvalue weighted by molar-refractivity contribution is 0.0689. The smallest absolute Gasteiger partial charge is 0.354 e. The minimum atomic E-state index is -1.10. The van der Waals surface area contributed by atoms with Gasteiger partial charge < -0.3 is 10.0 Å². The summed E-state index contributed by atoms with van der Waals surface area (Å²) in [5, 5.41) is 9.01. The molecule has 1 N–H and O–H groups in total. The number of aromatic nitrogens is 1. The molecule has 1 saturated carbocycles. The molecule has 0 bridgehead atoms. The summed E-state index contributed by atoms with van der Waals surface area (Å²) < 4.78 is 0.205. The first-order chi connectivity index (χ1) is 10.6. The molecule has 0 unspecified atom stereocenters. The van der Waals surface area contributed by atoms with Crippen LogP contribution < -0.4 is 0 Å². The quantitative estimate of drug-likeness (QED) is 0.907. The van der Waals surface area contributed by atoms with Crippen LogP contribution >= 0.6 is 11.8 Å². The second-order valence-electron chi connectivity index (χ2n) is 6.03. The van der Waals surface area contributed by atoms with E-state index in [9.17, 15) is 9.59 Å². The lowest BCUT2D eigenvalue weighted by atomic mass is 9.87. The molecule has 118 valence electrons. The summed E-state index contributed by atoms with van der Waals surface area (Å²) in [6, 6.07) is 4.59. The summed E-state index contributed by atoms with van der Waals surface area (Å²) in [5.41, 5.74) is 0.155. The highest BCUT2D eigenvalue weighted by molar-refractivity contribution is 8.00. The topological polar surface area (TPSA) is 70.5 Å². The van der Waals surface area contributed by atoms with Crippen LogP contribution in [0.3, 0.4) is 0 Å². The van der Waals surface area contributed by atoms with Crippen molar-refractivity contribution < 1.29 is 14.7 Å². The number of hydrogen-bond acceptors (Lipinski definition) is 4. The van der Waals surface area contributed by atoms with Crippen molar-refractivity contribution in [1.29, 1.82) is 0 Å². The third-order valence-electron chi connectivity index (χ3n) is 4.49. The maximum Gasteiger partial charge on any atom is 0.354 e. The average molecular weight is 320 g/mol. The molecule has 3 rings (SSSR count). The first kappa shape index (κ1) is 15.3. The first-order valence-corrected chi connectivity index (χ1v) is 8.72. The zero-order chi connectivity index (χ0) is 15.6. The van der Waals surface area contributed by atoms with Crippen LogP contribution in [-0.2, 0) is 0 Å². The lowest BCUT2D eigenvalue weighted by Gasteiger charge is -2.44. The number of carboxylic acids is 1. The molecule has 1 aromatic heterocycles. The van der Waals surface area contributed by atoms with Gasteiger partial charge >= 0.3 is 5.97 Å². The Morgan fingerprint density at radius 2 is 1.91 bits per heavy atom. The van der Waals surface area contributed by atoms with Crippen molar-refractivity contribution >= 4 is 23.6 Å². The van der Waals surface area contributed by atoms with Crippen molar-refractivity contribution in [2.75, 3.05) is 18.8 Å². The van der Waals surface area contributed by atoms with Crippen LogP contribution in [0, 0.1) is 0 Å². The normalized spacial score (nSPS) is 20.8. The number of pyridine rings is 1. The van der Waals surface area contributed by atoms with Crippen molar-refractivity contribution in [3.05, 3.63) is 29.6 Å². The molecule has 22 heavy (non-hydrogen) atoms. The molecule has 2 fully saturated rings. The molecule has 0 atom stereocenters. The molecule has 0 aromatic carbocycles. The van der Waals surface area contributed by atoms with E-state index in [1.807, 2.05) is 16.7 Å². The van der Waals surface area contributed by atoms with E-state index in [4.69, 9.17) is 5.11 Å². The van der Waals surface area contributed by atoms with Crippen molar-refractivity contribution in [3.63, 3.8) is 0 Å². The van der Waals surface area contributed by atoms with Crippen LogP contribution in [0.15, 0.2) is 18.2 Å². The molecule has 1 aromatic rings. The fourth-order valence-corrected chi connectivity index (χ4v) is 4.92. The van der Waals surface area contributed by atoms with E-state index in [1.54, 1.807) is 12.1 Å². The molecule has 1 aliphatic carbocycles. The Balaban J connectivity index is 1.76. The Morgan fingerprint density at radius 1 is 1.18 bits per heavy atom. The van der Waals surface area contributed by atoms with Crippen LogP contribution in [0.2, 0.25) is 0 Å². The number of carboxylic acid groups (broad SMARTS) is 1. The van der Waals surface area contributed by atoms with Crippen LogP contribution in [0.1, 0.15) is 53.1 Å². The Morgan fingerprint density at radius 3 is 2.64 bits per heavy atom. The van der Waals surface area contributed by atoms with E-state index in [2.05, 4.69) is 4.98 Å². The monoisotopic (exact) mass is 320 g/mol. The molecule has 1 spiro atoms. The molecular weight excluding hydrogens is 300 g/mol. The van der Waals surface area contributed by atoms with Gasteiger partial charge in [0, 0.05) is 23.6 Å². The van der Waals surface area contributed by atoms with Crippen molar-refractivity contribution in [2.45, 2.75) is 36.9 Å². The molecule has 6 heteroatoms. The number of hydrogen-bond donors (Lipinski definition) is 1. The van der Waals surface area contributed by atoms with E-state index >= 15 is 0 Å². The summed E-state index contributed by atoms with van der Waals surface area (Å²) in [6.07, 6.45) is 6.11. The van der Waals surface area contributed by atoms with Gasteiger partial charge in [-0.25, -0.2) is 9.78 Å². The predicted molar refractivity (Wildman–Crippen MR) is 85.4 cm³/mol. The molecule has 0 radical (unpaired) electrons. The highest BCUT2D eigenvalue weighted by Crippen LogP contribution is 2.42. The van der Waals surface area contributed by atoms with Crippen LogP contribution in [0.25, 0.3) is 0 Å². The Bertz CT molecular complexity index is 579. The zero-order valence-corrected chi connectivity index (χ0v) is 13.3. The Kier molecular flexibility index (Phi) is 4.38. The SMILES string of the molecule is O=C(O)c1cccc(C(=O)N2CCSC3(CCCCC3)C2)n1. The van der Waals surface area contributed by atoms with Gasteiger partial charge in [-0.05, 0) is 25.0 Å². The Labute approximate surface area is 134 Å². The van der Waals surface area contributed by atoms with E-state index in [1.165, 1.54) is 38.2 Å². The van der Waals surface area contributed by atoms with Gasteiger partial charge in [0.2, 0.25) is 0 Å². The number of nitrogens with zero attached hydrogens (tertiary/aromatic N) is 2. The van der Waals surface area contributed by atoms with E-state index in [0.29, 0.717) is 6.54 Å². The summed E-state index contributed by atoms with van der Waals surface area (Å²) in [6.45, 7) is 1.47. The second-order valence-corrected chi connectivity index (χ2v) is 7.60. The lowest BCUT2D eigenvalue weighted by Crippen LogP contribution is -2.50. The first-order valence-electron chi connectivity index (χ1n) is 7.73. The number of carbonyl (C=O) groups is 2. The van der Waals surface area contributed by atoms with Gasteiger partial charge in [-0.3, -0.25) is 4.79 Å². The molecule has 2 aliphatic rings. The maximum atomic E-state index is 12.7. The highest BCUT2D eigenvalue weighted by atomic mass is 32.2. The van der Waals surface area contributed by atoms with E-state index < -0.39 is 5.97 Å². The van der Waals surface area contributed by atoms with Gasteiger partial charge in [0.15, 0.2) is 0 Å². The van der Waals surface area contributed by atoms with Gasteiger partial charge in [-0.15, -0.1) is 0 Å². The predicted octanol–water partition coefficient (Wildman–Crippen LogP) is 2.67. The number of amides is 1. The van der Waals surface area contributed by atoms with Gasteiger partial charge in [-0.1, -0.05) is 25.3 Å². The largest absolute Gasteiger partial charge is 0.477 e. The number of rotatable bonds is 2. The van der Waals surface area contributed by atoms with Crippen LogP contribution in [0.4, 0.5) is 0 Å². The van der Waals surface area contributed by atoms with Crippen molar-refractivity contribution in [1.82, 2.24) is 9.88 Å². The van der Waals surface area contributed by atoms with Gasteiger partial charge in [0.1, 0.15) is 11.4 Å². The number of aromatic carboxylic acids is 1. The maximum absolute atomic E-state index is 12.7. The molecular formula is C16H20N2O3S. The van der Waals surface area contributed by atoms with Crippen molar-refractivity contribution in [2.24, 2.45) is 0 Å². The van der Waals surface area contributed by atoms with Crippen LogP contribution in [0.5, 0.6) is 0 Å². The fourth-order valence-electron chi connectivity index (χ4n) is 3.35. The summed E-state index contributed by atoms with van der Waals surface area (Å²) in [5.74, 6) is -0.300. The molecule has 1 aliphatic heterocycles. The minimum Gasteiger partial charge on any atom is -0.477 e. The molecule has 5 nitrogen and oxygen atoms in total. The zero-order valence-electron chi connectivity index (χ0n) is 12.5. The summed E-state index contributed by atoms with van der Waals surface area (Å²) in [7, 11) is 0. The molecule has 1 saturated heterocycles. The summed E-state index contributed by atoms with van der Waals surface area (Å²) >= 11 is 2.00. The standard InChI is InChI=1S/C16H20N2O3S/c19-14(12-5-4-6-13(17-12)15(20)21)18-9-10-22-16(11-18)7-2-1-3-8-16/h4-6H,1-3,7-11H2,(H,20,21). The number of thioether (sulfide) groups is 1. The third kappa shape index (κ3) is 3.11. The highest BCUT2D eigenvalue weighted by Gasteiger charge is 2.39. The second kappa shape index (κ2) is 6.28. The fraction of sp³-hybridized carbons (Fsp3) is 0.562. The van der Waals surface area contributed by atoms with Gasteiger partial charge in [0.05, 0.1) is 0 Å². The van der Waals surface area contributed by atoms with E-state index in [-0.39, 0.29) is 22.0 Å². The Hall–Kier alpha value is -1.56. The third-order valence-corrected chi connectivity index (χ3v) is 6.02. The molecule has 1 amide bonds. The molecule has 2 heterocycles. The van der Waals surface area contributed by atoms with Crippen molar-refractivity contribution in [3.8, 4) is 0 Å². The van der Waals surface area contributed by atoms with E-state index in [0.717, 1.165) is 12.3 Å². The van der Waals surface area contributed by atoms with Crippen LogP contribution in [-0.4, -0.2) is 50.5 Å². The summed E-state index contributed by atoms with van der Waals surface area (Å²) in [4.78, 5) is 29.5. The average Bonchev–Trinajstić information content (AvgIpc) is 2.55. The number of carbonyl (C=O) groups excluding carboxylic acids is 1. The minimum absolute atomic E-state index is 0.0791.